The molecule has 1 rings (SSSR count). The Balaban J connectivity index is 2.50. The molecule has 0 saturated heterocycles. The molecule has 10 heavy (non-hydrogen) atoms. The van der Waals surface area contributed by atoms with E-state index in [1.54, 1.807) is 7.05 Å². The molecule has 0 bridgehead atoms. The number of nitrogens with two attached hydrogens (primary N) is 1. The topological polar surface area (TPSA) is 58.7 Å². The Morgan fingerprint density at radius 1 is 1.80 bits per heavy atom. The highest BCUT2D eigenvalue weighted by Gasteiger charge is 2.18. The molecular formula is C6H11N3O. The quantitative estimate of drug-likeness (QED) is 0.566. The summed E-state index contributed by atoms with van der Waals surface area (Å²) in [7, 11) is 1.66. The van der Waals surface area contributed by atoms with Crippen LogP contribution in [0.2, 0.25) is 0 Å². The lowest BCUT2D eigenvalue weighted by atomic mass is 10.2. The van der Waals surface area contributed by atoms with E-state index in [0.29, 0.717) is 13.0 Å². The third-order valence-electron chi connectivity index (χ3n) is 1.44. The number of amides is 1. The summed E-state index contributed by atoms with van der Waals surface area (Å²) in [4.78, 5) is 10.8. The van der Waals surface area contributed by atoms with Crippen molar-refractivity contribution in [2.75, 3.05) is 13.6 Å². The van der Waals surface area contributed by atoms with Crippen LogP contribution in [0, 0.1) is 0 Å². The first kappa shape index (κ1) is 7.21. The van der Waals surface area contributed by atoms with Crippen molar-refractivity contribution in [2.45, 2.75) is 12.8 Å². The number of hydrogen-bond donors (Lipinski definition) is 1. The minimum absolute atomic E-state index is 0.0588. The molecule has 0 aromatic carbocycles. The molecule has 2 N–H and O–H groups in total. The zero-order valence-corrected chi connectivity index (χ0v) is 6.00. The van der Waals surface area contributed by atoms with E-state index in [1.165, 1.54) is 5.01 Å². The fourth-order valence-electron chi connectivity index (χ4n) is 0.897. The van der Waals surface area contributed by atoms with Crippen molar-refractivity contribution < 1.29 is 4.79 Å². The summed E-state index contributed by atoms with van der Waals surface area (Å²) in [6, 6.07) is 0. The molecular weight excluding hydrogens is 130 g/mol. The lowest BCUT2D eigenvalue weighted by Crippen LogP contribution is -2.14. The van der Waals surface area contributed by atoms with Crippen molar-refractivity contribution >= 4 is 11.6 Å². The third-order valence-corrected chi connectivity index (χ3v) is 1.44. The van der Waals surface area contributed by atoms with E-state index < -0.39 is 0 Å². The number of nitrogens with zero attached hydrogens (tertiary/aromatic N) is 2. The maximum Gasteiger partial charge on any atom is 0.248 e. The molecule has 0 spiro atoms. The van der Waals surface area contributed by atoms with Crippen molar-refractivity contribution in [1.29, 1.82) is 0 Å². The van der Waals surface area contributed by atoms with Crippen LogP contribution in [0.3, 0.4) is 0 Å². The maximum atomic E-state index is 10.8. The molecule has 0 aromatic heterocycles. The molecule has 4 nitrogen and oxygen atoms in total. The Morgan fingerprint density at radius 3 is 2.90 bits per heavy atom. The van der Waals surface area contributed by atoms with Crippen LogP contribution in [0.5, 0.6) is 0 Å². The Hall–Kier alpha value is -0.900. The first-order valence-corrected chi connectivity index (χ1v) is 3.27. The van der Waals surface area contributed by atoms with E-state index in [9.17, 15) is 4.79 Å². The minimum Gasteiger partial charge on any atom is -0.330 e. The summed E-state index contributed by atoms with van der Waals surface area (Å²) in [6.07, 6.45) is 1.18. The molecule has 0 unspecified atom stereocenters. The molecule has 4 heteroatoms. The minimum atomic E-state index is 0.0588. The van der Waals surface area contributed by atoms with Gasteiger partial charge in [0.25, 0.3) is 0 Å². The Morgan fingerprint density at radius 2 is 2.50 bits per heavy atom. The summed E-state index contributed by atoms with van der Waals surface area (Å²) in [6.45, 7) is 0.569. The maximum absolute atomic E-state index is 10.8. The van der Waals surface area contributed by atoms with Gasteiger partial charge in [0, 0.05) is 19.2 Å². The normalized spacial score (nSPS) is 18.0. The van der Waals surface area contributed by atoms with Gasteiger partial charge in [-0.15, -0.1) is 0 Å². The van der Waals surface area contributed by atoms with Gasteiger partial charge >= 0.3 is 0 Å². The number of carbonyl (C=O) groups is 1. The lowest BCUT2D eigenvalue weighted by molar-refractivity contribution is -0.127. The lowest BCUT2D eigenvalue weighted by Gasteiger charge is -1.98. The number of hydrazone groups is 1. The van der Waals surface area contributed by atoms with Gasteiger partial charge in [-0.2, -0.15) is 5.10 Å². The van der Waals surface area contributed by atoms with Crippen LogP contribution in [-0.4, -0.2) is 30.2 Å². The van der Waals surface area contributed by atoms with Crippen molar-refractivity contribution in [3.8, 4) is 0 Å². The van der Waals surface area contributed by atoms with Gasteiger partial charge in [-0.05, 0) is 6.54 Å². The molecule has 1 aliphatic rings. The summed E-state index contributed by atoms with van der Waals surface area (Å²) in [5.74, 6) is 0.0588. The van der Waals surface area contributed by atoms with Crippen LogP contribution in [-0.2, 0) is 4.79 Å². The predicted octanol–water partition coefficient (Wildman–Crippen LogP) is -0.447. The van der Waals surface area contributed by atoms with Crippen LogP contribution in [0.1, 0.15) is 12.8 Å². The van der Waals surface area contributed by atoms with Gasteiger partial charge in [-0.1, -0.05) is 0 Å². The van der Waals surface area contributed by atoms with E-state index in [0.717, 1.165) is 12.1 Å². The Kier molecular flexibility index (Phi) is 2.01. The number of hydrogen-bond acceptors (Lipinski definition) is 3. The van der Waals surface area contributed by atoms with Crippen LogP contribution in [0.25, 0.3) is 0 Å². The molecule has 0 aliphatic carbocycles. The third kappa shape index (κ3) is 1.33. The molecule has 1 amide bonds. The highest BCUT2D eigenvalue weighted by atomic mass is 16.2. The van der Waals surface area contributed by atoms with Crippen molar-refractivity contribution in [1.82, 2.24) is 5.01 Å². The molecule has 0 aromatic rings. The second-order valence-electron chi connectivity index (χ2n) is 2.30. The van der Waals surface area contributed by atoms with Gasteiger partial charge < -0.3 is 5.73 Å². The standard InChI is InChI=1S/C6H11N3O/c1-9-6(10)4-5(8-9)2-3-7/h2-4,7H2,1H3. The van der Waals surface area contributed by atoms with Crippen molar-refractivity contribution in [3.63, 3.8) is 0 Å². The summed E-state index contributed by atoms with van der Waals surface area (Å²) >= 11 is 0. The zero-order valence-electron chi connectivity index (χ0n) is 6.00. The molecule has 1 heterocycles. The van der Waals surface area contributed by atoms with Crippen LogP contribution < -0.4 is 5.73 Å². The number of carbonyl (C=O) groups excluding carboxylic acids is 1. The molecule has 1 aliphatic heterocycles. The van der Waals surface area contributed by atoms with Gasteiger partial charge in [0.05, 0.1) is 6.42 Å². The van der Waals surface area contributed by atoms with Crippen molar-refractivity contribution in [3.05, 3.63) is 0 Å². The number of rotatable bonds is 2. The van der Waals surface area contributed by atoms with E-state index in [2.05, 4.69) is 5.10 Å². The van der Waals surface area contributed by atoms with Crippen LogP contribution in [0.15, 0.2) is 5.10 Å². The molecule has 56 valence electrons. The highest BCUT2D eigenvalue weighted by Crippen LogP contribution is 2.06. The smallest absolute Gasteiger partial charge is 0.248 e. The second-order valence-corrected chi connectivity index (χ2v) is 2.30. The predicted molar refractivity (Wildman–Crippen MR) is 38.5 cm³/mol. The van der Waals surface area contributed by atoms with Gasteiger partial charge in [-0.25, -0.2) is 5.01 Å². The van der Waals surface area contributed by atoms with Gasteiger partial charge in [0.1, 0.15) is 0 Å². The van der Waals surface area contributed by atoms with E-state index in [-0.39, 0.29) is 5.91 Å². The SMILES string of the molecule is CN1N=C(CCN)CC1=O. The van der Waals surface area contributed by atoms with E-state index >= 15 is 0 Å². The Labute approximate surface area is 59.7 Å². The average Bonchev–Trinajstić information content (AvgIpc) is 2.14. The fourth-order valence-corrected chi connectivity index (χ4v) is 0.897. The molecule has 0 saturated carbocycles. The van der Waals surface area contributed by atoms with Gasteiger partial charge in [0.2, 0.25) is 5.91 Å². The summed E-state index contributed by atoms with van der Waals surface area (Å²) < 4.78 is 0. The Bertz CT molecular complexity index is 176. The second kappa shape index (κ2) is 2.79. The highest BCUT2D eigenvalue weighted by molar-refractivity contribution is 6.04. The zero-order chi connectivity index (χ0) is 7.56. The summed E-state index contributed by atoms with van der Waals surface area (Å²) in [5.41, 5.74) is 6.19. The first-order valence-electron chi connectivity index (χ1n) is 3.27. The summed E-state index contributed by atoms with van der Waals surface area (Å²) in [5, 5.41) is 5.35. The van der Waals surface area contributed by atoms with Gasteiger partial charge in [-0.3, -0.25) is 4.79 Å². The molecule has 0 radical (unpaired) electrons. The average molecular weight is 141 g/mol. The van der Waals surface area contributed by atoms with Gasteiger partial charge in [0.15, 0.2) is 0 Å². The fraction of sp³-hybridized carbons (Fsp3) is 0.667. The largest absolute Gasteiger partial charge is 0.330 e. The van der Waals surface area contributed by atoms with Crippen LogP contribution in [0.4, 0.5) is 0 Å². The monoisotopic (exact) mass is 141 g/mol. The van der Waals surface area contributed by atoms with E-state index in [1.807, 2.05) is 0 Å². The molecule has 0 atom stereocenters. The first-order chi connectivity index (χ1) is 4.74. The van der Waals surface area contributed by atoms with E-state index in [4.69, 9.17) is 5.73 Å². The van der Waals surface area contributed by atoms with Crippen LogP contribution >= 0.6 is 0 Å². The van der Waals surface area contributed by atoms with Crippen molar-refractivity contribution in [2.24, 2.45) is 10.8 Å². The molecule has 0 fully saturated rings.